The van der Waals surface area contributed by atoms with Gasteiger partial charge in [-0.25, -0.2) is 4.39 Å². The molecule has 15 heavy (non-hydrogen) atoms. The van der Waals surface area contributed by atoms with Gasteiger partial charge in [0.15, 0.2) is 6.29 Å². The third kappa shape index (κ3) is 1.78. The van der Waals surface area contributed by atoms with Crippen molar-refractivity contribution in [2.45, 2.75) is 0 Å². The Bertz CT molecular complexity index is 507. The summed E-state index contributed by atoms with van der Waals surface area (Å²) in [5.74, 6) is -0.500. The molecule has 0 fully saturated rings. The van der Waals surface area contributed by atoms with Crippen molar-refractivity contribution in [3.63, 3.8) is 0 Å². The standard InChI is InChI=1S/C11H7ClFNO/c12-10-4-3-8(6-11(10)13)14-5-1-2-9(14)7-15/h1-7H. The lowest BCUT2D eigenvalue weighted by atomic mass is 10.3. The minimum Gasteiger partial charge on any atom is -0.314 e. The predicted molar refractivity (Wildman–Crippen MR) is 56.1 cm³/mol. The Morgan fingerprint density at radius 3 is 2.80 bits per heavy atom. The van der Waals surface area contributed by atoms with Crippen LogP contribution in [0.25, 0.3) is 5.69 Å². The van der Waals surface area contributed by atoms with Crippen LogP contribution in [-0.2, 0) is 0 Å². The Balaban J connectivity index is 2.54. The number of carbonyl (C=O) groups is 1. The van der Waals surface area contributed by atoms with Crippen molar-refractivity contribution in [3.8, 4) is 5.69 Å². The molecule has 0 saturated heterocycles. The molecule has 0 radical (unpaired) electrons. The quantitative estimate of drug-likeness (QED) is 0.717. The molecule has 76 valence electrons. The summed E-state index contributed by atoms with van der Waals surface area (Å²) < 4.78 is 14.8. The second-order valence-corrected chi connectivity index (χ2v) is 3.43. The predicted octanol–water partition coefficient (Wildman–Crippen LogP) is 3.08. The highest BCUT2D eigenvalue weighted by Gasteiger charge is 2.05. The molecule has 1 aromatic heterocycles. The Kier molecular flexibility index (Phi) is 2.56. The first-order valence-corrected chi connectivity index (χ1v) is 4.68. The summed E-state index contributed by atoms with van der Waals surface area (Å²) in [6.07, 6.45) is 2.40. The molecule has 0 bridgehead atoms. The second-order valence-electron chi connectivity index (χ2n) is 3.02. The fraction of sp³-hybridized carbons (Fsp3) is 0. The first-order valence-electron chi connectivity index (χ1n) is 4.30. The average molecular weight is 224 g/mol. The molecule has 1 aromatic carbocycles. The zero-order valence-corrected chi connectivity index (χ0v) is 8.41. The molecular weight excluding hydrogens is 217 g/mol. The zero-order valence-electron chi connectivity index (χ0n) is 7.65. The number of aldehydes is 1. The van der Waals surface area contributed by atoms with Gasteiger partial charge in [0.05, 0.1) is 10.7 Å². The van der Waals surface area contributed by atoms with Crippen LogP contribution >= 0.6 is 11.6 Å². The van der Waals surface area contributed by atoms with Crippen LogP contribution in [0.3, 0.4) is 0 Å². The van der Waals surface area contributed by atoms with Gasteiger partial charge in [0.1, 0.15) is 5.82 Å². The van der Waals surface area contributed by atoms with Gasteiger partial charge in [-0.3, -0.25) is 4.79 Å². The van der Waals surface area contributed by atoms with E-state index in [1.54, 1.807) is 29.0 Å². The third-order valence-electron chi connectivity index (χ3n) is 2.08. The molecule has 0 N–H and O–H groups in total. The molecule has 1 heterocycles. The topological polar surface area (TPSA) is 22.0 Å². The maximum absolute atomic E-state index is 13.2. The molecule has 0 atom stereocenters. The lowest BCUT2D eigenvalue weighted by molar-refractivity contribution is 0.111. The number of hydrogen-bond acceptors (Lipinski definition) is 1. The Morgan fingerprint density at radius 1 is 1.33 bits per heavy atom. The SMILES string of the molecule is O=Cc1cccn1-c1ccc(Cl)c(F)c1. The van der Waals surface area contributed by atoms with Gasteiger partial charge in [0.25, 0.3) is 0 Å². The van der Waals surface area contributed by atoms with Gasteiger partial charge in [-0.2, -0.15) is 0 Å². The number of rotatable bonds is 2. The van der Waals surface area contributed by atoms with E-state index in [4.69, 9.17) is 11.6 Å². The fourth-order valence-electron chi connectivity index (χ4n) is 1.36. The molecule has 0 unspecified atom stereocenters. The highest BCUT2D eigenvalue weighted by Crippen LogP contribution is 2.19. The first kappa shape index (κ1) is 9.93. The number of aromatic nitrogens is 1. The van der Waals surface area contributed by atoms with Gasteiger partial charge >= 0.3 is 0 Å². The van der Waals surface area contributed by atoms with Crippen LogP contribution < -0.4 is 0 Å². The molecule has 0 aliphatic heterocycles. The number of halogens is 2. The van der Waals surface area contributed by atoms with E-state index in [0.717, 1.165) is 0 Å². The van der Waals surface area contributed by atoms with Crippen molar-refractivity contribution < 1.29 is 9.18 Å². The lowest BCUT2D eigenvalue weighted by Crippen LogP contribution is -1.97. The van der Waals surface area contributed by atoms with Crippen LogP contribution in [-0.4, -0.2) is 10.9 Å². The minimum atomic E-state index is -0.500. The third-order valence-corrected chi connectivity index (χ3v) is 2.39. The first-order chi connectivity index (χ1) is 7.22. The molecule has 0 aliphatic rings. The van der Waals surface area contributed by atoms with Crippen molar-refractivity contribution in [1.82, 2.24) is 4.57 Å². The van der Waals surface area contributed by atoms with E-state index in [-0.39, 0.29) is 5.02 Å². The maximum Gasteiger partial charge on any atom is 0.166 e. The molecule has 2 rings (SSSR count). The van der Waals surface area contributed by atoms with Crippen LogP contribution in [0.1, 0.15) is 10.5 Å². The molecule has 2 nitrogen and oxygen atoms in total. The molecule has 0 aliphatic carbocycles. The van der Waals surface area contributed by atoms with Crippen LogP contribution in [0.5, 0.6) is 0 Å². The van der Waals surface area contributed by atoms with Gasteiger partial charge in [0, 0.05) is 11.9 Å². The van der Waals surface area contributed by atoms with E-state index < -0.39 is 5.82 Å². The van der Waals surface area contributed by atoms with Crippen molar-refractivity contribution >= 4 is 17.9 Å². The van der Waals surface area contributed by atoms with Crippen LogP contribution in [0.2, 0.25) is 5.02 Å². The number of carbonyl (C=O) groups excluding carboxylic acids is 1. The van der Waals surface area contributed by atoms with Gasteiger partial charge < -0.3 is 4.57 Å². The monoisotopic (exact) mass is 223 g/mol. The number of nitrogens with zero attached hydrogens (tertiary/aromatic N) is 1. The molecule has 0 spiro atoms. The Labute approximate surface area is 90.9 Å². The minimum absolute atomic E-state index is 0.0681. The van der Waals surface area contributed by atoms with Crippen LogP contribution in [0, 0.1) is 5.82 Å². The van der Waals surface area contributed by atoms with E-state index in [9.17, 15) is 9.18 Å². The second kappa shape index (κ2) is 3.87. The van der Waals surface area contributed by atoms with Gasteiger partial charge in [-0.1, -0.05) is 11.6 Å². The largest absolute Gasteiger partial charge is 0.314 e. The maximum atomic E-state index is 13.2. The van der Waals surface area contributed by atoms with E-state index in [2.05, 4.69) is 0 Å². The summed E-state index contributed by atoms with van der Waals surface area (Å²) in [4.78, 5) is 10.7. The van der Waals surface area contributed by atoms with E-state index >= 15 is 0 Å². The van der Waals surface area contributed by atoms with Gasteiger partial charge in [0.2, 0.25) is 0 Å². The Morgan fingerprint density at radius 2 is 2.13 bits per heavy atom. The fourth-order valence-corrected chi connectivity index (χ4v) is 1.48. The molecule has 2 aromatic rings. The van der Waals surface area contributed by atoms with Crippen molar-refractivity contribution in [2.24, 2.45) is 0 Å². The summed E-state index contributed by atoms with van der Waals surface area (Å²) >= 11 is 5.56. The number of hydrogen-bond donors (Lipinski definition) is 0. The molecule has 0 amide bonds. The average Bonchev–Trinajstić information content (AvgIpc) is 2.70. The Hall–Kier alpha value is -1.61. The summed E-state index contributed by atoms with van der Waals surface area (Å²) in [7, 11) is 0. The van der Waals surface area contributed by atoms with E-state index in [1.165, 1.54) is 12.1 Å². The summed E-state index contributed by atoms with van der Waals surface area (Å²) in [5, 5.41) is 0.0681. The highest BCUT2D eigenvalue weighted by atomic mass is 35.5. The van der Waals surface area contributed by atoms with E-state index in [0.29, 0.717) is 17.7 Å². The van der Waals surface area contributed by atoms with Crippen LogP contribution in [0.15, 0.2) is 36.5 Å². The van der Waals surface area contributed by atoms with E-state index in [1.807, 2.05) is 0 Å². The summed E-state index contributed by atoms with van der Waals surface area (Å²) in [5.41, 5.74) is 1.04. The molecular formula is C11H7ClFNO. The highest BCUT2D eigenvalue weighted by molar-refractivity contribution is 6.30. The summed E-state index contributed by atoms with van der Waals surface area (Å²) in [6.45, 7) is 0. The van der Waals surface area contributed by atoms with Gasteiger partial charge in [-0.05, 0) is 30.3 Å². The lowest BCUT2D eigenvalue weighted by Gasteiger charge is -2.05. The zero-order chi connectivity index (χ0) is 10.8. The normalized spacial score (nSPS) is 10.3. The van der Waals surface area contributed by atoms with Gasteiger partial charge in [-0.15, -0.1) is 0 Å². The smallest absolute Gasteiger partial charge is 0.166 e. The summed E-state index contributed by atoms with van der Waals surface area (Å²) in [6, 6.07) is 7.77. The van der Waals surface area contributed by atoms with Crippen molar-refractivity contribution in [2.75, 3.05) is 0 Å². The number of benzene rings is 1. The van der Waals surface area contributed by atoms with Crippen LogP contribution in [0.4, 0.5) is 4.39 Å². The van der Waals surface area contributed by atoms with Crippen molar-refractivity contribution in [3.05, 3.63) is 53.1 Å². The van der Waals surface area contributed by atoms with Crippen molar-refractivity contribution in [1.29, 1.82) is 0 Å². The molecule has 4 heteroatoms. The molecule has 0 saturated carbocycles.